The highest BCUT2D eigenvalue weighted by Crippen LogP contribution is 2.29. The lowest BCUT2D eigenvalue weighted by molar-refractivity contribution is 0.0908. The van der Waals surface area contributed by atoms with E-state index in [1.165, 1.54) is 12.8 Å². The molecule has 5 heteroatoms. The van der Waals surface area contributed by atoms with E-state index in [-0.39, 0.29) is 11.4 Å². The van der Waals surface area contributed by atoms with E-state index in [9.17, 15) is 4.79 Å². The first-order valence-corrected chi connectivity index (χ1v) is 8.05. The molecule has 110 valence electrons. The van der Waals surface area contributed by atoms with Gasteiger partial charge in [-0.2, -0.15) is 0 Å². The van der Waals surface area contributed by atoms with Gasteiger partial charge in [0.25, 0.3) is 5.91 Å². The number of nitrogens with zero attached hydrogens (tertiary/aromatic N) is 1. The molecule has 1 aromatic heterocycles. The van der Waals surface area contributed by atoms with Crippen LogP contribution in [-0.2, 0) is 0 Å². The molecule has 1 saturated carbocycles. The minimum Gasteiger partial charge on any atom is -0.369 e. The Kier molecular flexibility index (Phi) is 5.02. The number of anilines is 1. The van der Waals surface area contributed by atoms with Crippen LogP contribution >= 0.6 is 15.9 Å². The van der Waals surface area contributed by atoms with Crippen LogP contribution in [-0.4, -0.2) is 23.0 Å². The van der Waals surface area contributed by atoms with Crippen molar-refractivity contribution in [3.05, 3.63) is 22.3 Å². The lowest BCUT2D eigenvalue weighted by atomic mass is 10.00. The molecule has 1 amide bonds. The van der Waals surface area contributed by atoms with Crippen LogP contribution in [0.5, 0.6) is 0 Å². The van der Waals surface area contributed by atoms with Crippen LogP contribution in [0, 0.1) is 0 Å². The predicted octanol–water partition coefficient (Wildman–Crippen LogP) is 3.73. The Morgan fingerprint density at radius 1 is 1.45 bits per heavy atom. The number of hydrogen-bond acceptors (Lipinski definition) is 3. The SMILES string of the molecule is CCCNc1ncc(Br)cc1C(=O)NC1(C)CCCC1. The minimum atomic E-state index is -0.0680. The molecular formula is C15H22BrN3O. The Hall–Kier alpha value is -1.10. The van der Waals surface area contributed by atoms with Gasteiger partial charge in [-0.05, 0) is 48.2 Å². The van der Waals surface area contributed by atoms with E-state index >= 15 is 0 Å². The van der Waals surface area contributed by atoms with E-state index in [1.807, 2.05) is 6.07 Å². The summed E-state index contributed by atoms with van der Waals surface area (Å²) in [6, 6.07) is 1.83. The third-order valence-electron chi connectivity index (χ3n) is 3.76. The van der Waals surface area contributed by atoms with Gasteiger partial charge in [-0.25, -0.2) is 4.98 Å². The molecule has 0 radical (unpaired) electrons. The summed E-state index contributed by atoms with van der Waals surface area (Å²) in [6.45, 7) is 5.03. The molecule has 0 spiro atoms. The van der Waals surface area contributed by atoms with Crippen molar-refractivity contribution >= 4 is 27.7 Å². The summed E-state index contributed by atoms with van der Waals surface area (Å²) in [4.78, 5) is 16.8. The van der Waals surface area contributed by atoms with Crippen molar-refractivity contribution in [2.45, 2.75) is 51.5 Å². The average Bonchev–Trinajstić information content (AvgIpc) is 2.83. The zero-order valence-corrected chi connectivity index (χ0v) is 13.7. The number of carbonyl (C=O) groups excluding carboxylic acids is 1. The second-order valence-corrected chi connectivity index (χ2v) is 6.61. The summed E-state index contributed by atoms with van der Waals surface area (Å²) in [5.74, 6) is 0.621. The summed E-state index contributed by atoms with van der Waals surface area (Å²) >= 11 is 3.39. The van der Waals surface area contributed by atoms with Gasteiger partial charge in [0.15, 0.2) is 0 Å². The van der Waals surface area contributed by atoms with Crippen LogP contribution in [0.25, 0.3) is 0 Å². The summed E-state index contributed by atoms with van der Waals surface area (Å²) in [6.07, 6.45) is 7.20. The van der Waals surface area contributed by atoms with E-state index in [0.717, 1.165) is 30.3 Å². The van der Waals surface area contributed by atoms with Gasteiger partial charge >= 0.3 is 0 Å². The van der Waals surface area contributed by atoms with Gasteiger partial charge in [-0.3, -0.25) is 4.79 Å². The molecule has 4 nitrogen and oxygen atoms in total. The molecule has 20 heavy (non-hydrogen) atoms. The summed E-state index contributed by atoms with van der Waals surface area (Å²) < 4.78 is 0.821. The molecule has 2 rings (SSSR count). The number of aromatic nitrogens is 1. The zero-order chi connectivity index (χ0) is 14.6. The molecule has 1 fully saturated rings. The van der Waals surface area contributed by atoms with E-state index in [4.69, 9.17) is 0 Å². The van der Waals surface area contributed by atoms with Crippen LogP contribution < -0.4 is 10.6 Å². The monoisotopic (exact) mass is 339 g/mol. The van der Waals surface area contributed by atoms with Gasteiger partial charge in [0.2, 0.25) is 0 Å². The number of pyridine rings is 1. The number of halogens is 1. The van der Waals surface area contributed by atoms with Crippen LogP contribution in [0.3, 0.4) is 0 Å². The highest BCUT2D eigenvalue weighted by atomic mass is 79.9. The maximum absolute atomic E-state index is 12.5. The Labute approximate surface area is 128 Å². The van der Waals surface area contributed by atoms with Crippen molar-refractivity contribution in [2.24, 2.45) is 0 Å². The van der Waals surface area contributed by atoms with E-state index in [0.29, 0.717) is 11.4 Å². The predicted molar refractivity (Wildman–Crippen MR) is 85.1 cm³/mol. The van der Waals surface area contributed by atoms with Crippen LogP contribution in [0.4, 0.5) is 5.82 Å². The second kappa shape index (κ2) is 6.57. The van der Waals surface area contributed by atoms with Crippen molar-refractivity contribution in [2.75, 3.05) is 11.9 Å². The van der Waals surface area contributed by atoms with Crippen molar-refractivity contribution in [3.63, 3.8) is 0 Å². The highest BCUT2D eigenvalue weighted by molar-refractivity contribution is 9.10. The smallest absolute Gasteiger partial charge is 0.255 e. The molecule has 0 atom stereocenters. The molecule has 2 N–H and O–H groups in total. The zero-order valence-electron chi connectivity index (χ0n) is 12.1. The standard InChI is InChI=1S/C15H22BrN3O/c1-3-8-17-13-12(9-11(16)10-18-13)14(20)19-15(2)6-4-5-7-15/h9-10H,3-8H2,1-2H3,(H,17,18)(H,19,20). The fourth-order valence-electron chi connectivity index (χ4n) is 2.62. The molecule has 0 aromatic carbocycles. The first-order chi connectivity index (χ1) is 9.54. The normalized spacial score (nSPS) is 16.9. The van der Waals surface area contributed by atoms with E-state index < -0.39 is 0 Å². The summed E-state index contributed by atoms with van der Waals surface area (Å²) in [5.41, 5.74) is 0.544. The topological polar surface area (TPSA) is 54.0 Å². The number of amides is 1. The summed E-state index contributed by atoms with van der Waals surface area (Å²) in [5, 5.41) is 6.39. The number of hydrogen-bond donors (Lipinski definition) is 2. The average molecular weight is 340 g/mol. The van der Waals surface area contributed by atoms with Gasteiger partial charge in [-0.15, -0.1) is 0 Å². The molecule has 0 saturated heterocycles. The van der Waals surface area contributed by atoms with E-state index in [2.05, 4.69) is 45.4 Å². The largest absolute Gasteiger partial charge is 0.369 e. The molecule has 1 aliphatic carbocycles. The first-order valence-electron chi connectivity index (χ1n) is 7.26. The Balaban J connectivity index is 2.17. The molecule has 0 unspecified atom stereocenters. The number of nitrogens with one attached hydrogen (secondary N) is 2. The van der Waals surface area contributed by atoms with Crippen molar-refractivity contribution in [1.82, 2.24) is 10.3 Å². The fourth-order valence-corrected chi connectivity index (χ4v) is 2.95. The van der Waals surface area contributed by atoms with Gasteiger partial charge in [0.1, 0.15) is 5.82 Å². The Morgan fingerprint density at radius 3 is 2.80 bits per heavy atom. The lowest BCUT2D eigenvalue weighted by Crippen LogP contribution is -2.43. The second-order valence-electron chi connectivity index (χ2n) is 5.70. The summed E-state index contributed by atoms with van der Waals surface area (Å²) in [7, 11) is 0. The Morgan fingerprint density at radius 2 is 2.15 bits per heavy atom. The van der Waals surface area contributed by atoms with Gasteiger partial charge in [0.05, 0.1) is 5.56 Å². The molecule has 1 aromatic rings. The minimum absolute atomic E-state index is 0.0400. The van der Waals surface area contributed by atoms with Gasteiger partial charge in [0, 0.05) is 22.8 Å². The van der Waals surface area contributed by atoms with Crippen molar-refractivity contribution < 1.29 is 4.79 Å². The molecule has 1 aliphatic rings. The van der Waals surface area contributed by atoms with Crippen LogP contribution in [0.1, 0.15) is 56.3 Å². The highest BCUT2D eigenvalue weighted by Gasteiger charge is 2.31. The fraction of sp³-hybridized carbons (Fsp3) is 0.600. The maximum atomic E-state index is 12.5. The molecule has 1 heterocycles. The number of carbonyl (C=O) groups is 1. The quantitative estimate of drug-likeness (QED) is 0.859. The number of rotatable bonds is 5. The maximum Gasteiger partial charge on any atom is 0.255 e. The molecular weight excluding hydrogens is 318 g/mol. The van der Waals surface area contributed by atoms with Gasteiger partial charge in [-0.1, -0.05) is 19.8 Å². The van der Waals surface area contributed by atoms with Crippen molar-refractivity contribution in [1.29, 1.82) is 0 Å². The van der Waals surface area contributed by atoms with Crippen LogP contribution in [0.2, 0.25) is 0 Å². The molecule has 0 aliphatic heterocycles. The molecule has 0 bridgehead atoms. The Bertz CT molecular complexity index is 484. The lowest BCUT2D eigenvalue weighted by Gasteiger charge is -2.25. The van der Waals surface area contributed by atoms with Crippen molar-refractivity contribution in [3.8, 4) is 0 Å². The van der Waals surface area contributed by atoms with Gasteiger partial charge < -0.3 is 10.6 Å². The third-order valence-corrected chi connectivity index (χ3v) is 4.20. The third kappa shape index (κ3) is 3.72. The first kappa shape index (κ1) is 15.3. The van der Waals surface area contributed by atoms with Crippen LogP contribution in [0.15, 0.2) is 16.7 Å². The van der Waals surface area contributed by atoms with E-state index in [1.54, 1.807) is 6.20 Å².